The highest BCUT2D eigenvalue weighted by atomic mass is 16.5. The average molecular weight is 204 g/mol. The van der Waals surface area contributed by atoms with Crippen LogP contribution in [0.2, 0.25) is 0 Å². The number of nitriles is 1. The second-order valence-electron chi connectivity index (χ2n) is 3.90. The van der Waals surface area contributed by atoms with Gasteiger partial charge in [-0.1, -0.05) is 13.0 Å². The van der Waals surface area contributed by atoms with Crippen molar-refractivity contribution >= 4 is 5.57 Å². The highest BCUT2D eigenvalue weighted by Gasteiger charge is 2.19. The first-order chi connectivity index (χ1) is 7.19. The predicted octanol–water partition coefficient (Wildman–Crippen LogP) is 0.906. The van der Waals surface area contributed by atoms with E-state index in [1.807, 2.05) is 13.1 Å². The molecule has 0 amide bonds. The Morgan fingerprint density at radius 1 is 1.67 bits per heavy atom. The van der Waals surface area contributed by atoms with Gasteiger partial charge in [-0.2, -0.15) is 10.2 Å². The van der Waals surface area contributed by atoms with E-state index >= 15 is 0 Å². The van der Waals surface area contributed by atoms with Gasteiger partial charge in [0.15, 0.2) is 0 Å². The Morgan fingerprint density at radius 3 is 3.07 bits per heavy atom. The molecule has 0 bridgehead atoms. The van der Waals surface area contributed by atoms with E-state index in [-0.39, 0.29) is 5.82 Å². The maximum Gasteiger partial charge on any atom is 0.273 e. The first kappa shape index (κ1) is 9.87. The normalized spacial score (nSPS) is 22.2. The maximum absolute atomic E-state index is 8.59. The number of hydrogen-bond donors (Lipinski definition) is 0. The van der Waals surface area contributed by atoms with Crippen LogP contribution >= 0.6 is 0 Å². The van der Waals surface area contributed by atoms with Crippen LogP contribution in [0.3, 0.4) is 0 Å². The molecule has 1 atom stereocenters. The molecular weight excluding hydrogens is 192 g/mol. The van der Waals surface area contributed by atoms with Gasteiger partial charge in [0.1, 0.15) is 6.07 Å². The summed E-state index contributed by atoms with van der Waals surface area (Å²) in [6, 6.07) is 1.85. The number of rotatable bonds is 1. The minimum atomic E-state index is 0.0896. The summed E-state index contributed by atoms with van der Waals surface area (Å²) in [6.45, 7) is 3.96. The highest BCUT2D eigenvalue weighted by Crippen LogP contribution is 2.21. The molecule has 2 rings (SSSR count). The van der Waals surface area contributed by atoms with Crippen LogP contribution in [0.5, 0.6) is 0 Å². The molecule has 1 aromatic heterocycles. The van der Waals surface area contributed by atoms with Crippen molar-refractivity contribution in [3.8, 4) is 6.07 Å². The lowest BCUT2D eigenvalue weighted by atomic mass is 10.0. The standard InChI is InChI=1S/C10H12N4O/c1-7-3-8(6-14(2)5-7)10-12-9(4-11)13-15-10/h3,7H,5-6H2,1-2H3. The van der Waals surface area contributed by atoms with Gasteiger partial charge in [0.2, 0.25) is 0 Å². The Hall–Kier alpha value is -1.67. The van der Waals surface area contributed by atoms with Crippen molar-refractivity contribution < 1.29 is 4.52 Å². The Kier molecular flexibility index (Phi) is 2.52. The summed E-state index contributed by atoms with van der Waals surface area (Å²) in [4.78, 5) is 6.18. The molecule has 0 saturated heterocycles. The predicted molar refractivity (Wildman–Crippen MR) is 53.7 cm³/mol. The summed E-state index contributed by atoms with van der Waals surface area (Å²) in [5, 5.41) is 12.1. The van der Waals surface area contributed by atoms with Crippen LogP contribution in [0, 0.1) is 17.2 Å². The van der Waals surface area contributed by atoms with E-state index in [0.29, 0.717) is 11.8 Å². The second kappa shape index (κ2) is 3.83. The third kappa shape index (κ3) is 2.05. The minimum Gasteiger partial charge on any atom is -0.333 e. The molecule has 0 N–H and O–H groups in total. The van der Waals surface area contributed by atoms with Gasteiger partial charge in [0.25, 0.3) is 11.7 Å². The van der Waals surface area contributed by atoms with Crippen molar-refractivity contribution in [2.75, 3.05) is 20.1 Å². The molecule has 0 radical (unpaired) electrons. The molecule has 0 saturated carbocycles. The Balaban J connectivity index is 2.27. The van der Waals surface area contributed by atoms with Crippen LogP contribution < -0.4 is 0 Å². The zero-order valence-electron chi connectivity index (χ0n) is 8.77. The van der Waals surface area contributed by atoms with E-state index in [0.717, 1.165) is 18.7 Å². The molecule has 0 aliphatic carbocycles. The molecule has 5 heteroatoms. The minimum absolute atomic E-state index is 0.0896. The van der Waals surface area contributed by atoms with Crippen LogP contribution in [-0.2, 0) is 0 Å². The van der Waals surface area contributed by atoms with Crippen molar-refractivity contribution in [1.82, 2.24) is 15.0 Å². The van der Waals surface area contributed by atoms with E-state index in [9.17, 15) is 0 Å². The van der Waals surface area contributed by atoms with Crippen molar-refractivity contribution in [3.63, 3.8) is 0 Å². The zero-order chi connectivity index (χ0) is 10.8. The van der Waals surface area contributed by atoms with E-state index in [1.165, 1.54) is 0 Å². The number of likely N-dealkylation sites (N-methyl/N-ethyl adjacent to an activating group) is 1. The number of nitrogens with zero attached hydrogens (tertiary/aromatic N) is 4. The molecule has 1 aromatic rings. The molecular formula is C10H12N4O. The lowest BCUT2D eigenvalue weighted by Gasteiger charge is -2.25. The molecule has 1 aliphatic rings. The van der Waals surface area contributed by atoms with E-state index in [4.69, 9.17) is 9.78 Å². The quantitative estimate of drug-likeness (QED) is 0.680. The van der Waals surface area contributed by atoms with E-state index < -0.39 is 0 Å². The van der Waals surface area contributed by atoms with Gasteiger partial charge in [-0.15, -0.1) is 0 Å². The summed E-state index contributed by atoms with van der Waals surface area (Å²) in [5.41, 5.74) is 1.00. The second-order valence-corrected chi connectivity index (χ2v) is 3.90. The lowest BCUT2D eigenvalue weighted by molar-refractivity contribution is 0.321. The first-order valence-corrected chi connectivity index (χ1v) is 4.82. The third-order valence-electron chi connectivity index (χ3n) is 2.33. The lowest BCUT2D eigenvalue weighted by Crippen LogP contribution is -2.29. The maximum atomic E-state index is 8.59. The summed E-state index contributed by atoms with van der Waals surface area (Å²) in [6.07, 6.45) is 2.12. The topological polar surface area (TPSA) is 66.0 Å². The van der Waals surface area contributed by atoms with Crippen LogP contribution in [-0.4, -0.2) is 35.2 Å². The van der Waals surface area contributed by atoms with Crippen LogP contribution in [0.4, 0.5) is 0 Å². The molecule has 78 valence electrons. The molecule has 2 heterocycles. The average Bonchev–Trinajstić information content (AvgIpc) is 2.64. The number of hydrogen-bond acceptors (Lipinski definition) is 5. The van der Waals surface area contributed by atoms with Crippen molar-refractivity contribution in [2.24, 2.45) is 5.92 Å². The van der Waals surface area contributed by atoms with Crippen LogP contribution in [0.15, 0.2) is 10.6 Å². The third-order valence-corrected chi connectivity index (χ3v) is 2.33. The van der Waals surface area contributed by atoms with E-state index in [1.54, 1.807) is 0 Å². The summed E-state index contributed by atoms with van der Waals surface area (Å²) >= 11 is 0. The Morgan fingerprint density at radius 2 is 2.47 bits per heavy atom. The largest absolute Gasteiger partial charge is 0.333 e. The van der Waals surface area contributed by atoms with Crippen LogP contribution in [0.25, 0.3) is 5.57 Å². The summed E-state index contributed by atoms with van der Waals surface area (Å²) < 4.78 is 5.01. The van der Waals surface area contributed by atoms with Crippen molar-refractivity contribution in [2.45, 2.75) is 6.92 Å². The van der Waals surface area contributed by atoms with Gasteiger partial charge in [-0.05, 0) is 18.1 Å². The Bertz CT molecular complexity index is 429. The molecule has 0 fully saturated rings. The van der Waals surface area contributed by atoms with Crippen molar-refractivity contribution in [3.05, 3.63) is 17.8 Å². The fourth-order valence-corrected chi connectivity index (χ4v) is 1.83. The summed E-state index contributed by atoms with van der Waals surface area (Å²) in [5.74, 6) is 1.02. The molecule has 15 heavy (non-hydrogen) atoms. The number of aromatic nitrogens is 2. The highest BCUT2D eigenvalue weighted by molar-refractivity contribution is 5.61. The first-order valence-electron chi connectivity index (χ1n) is 4.82. The van der Waals surface area contributed by atoms with Crippen LogP contribution in [0.1, 0.15) is 18.6 Å². The summed E-state index contributed by atoms with van der Waals surface area (Å²) in [7, 11) is 2.05. The van der Waals surface area contributed by atoms with Gasteiger partial charge in [0, 0.05) is 18.7 Å². The zero-order valence-corrected chi connectivity index (χ0v) is 8.77. The van der Waals surface area contributed by atoms with Gasteiger partial charge in [-0.3, -0.25) is 0 Å². The molecule has 0 spiro atoms. The molecule has 1 unspecified atom stereocenters. The molecule has 5 nitrogen and oxygen atoms in total. The smallest absolute Gasteiger partial charge is 0.273 e. The molecule has 0 aromatic carbocycles. The fourth-order valence-electron chi connectivity index (χ4n) is 1.83. The van der Waals surface area contributed by atoms with Crippen molar-refractivity contribution in [1.29, 1.82) is 5.26 Å². The van der Waals surface area contributed by atoms with Gasteiger partial charge in [-0.25, -0.2) is 0 Å². The fraction of sp³-hybridized carbons (Fsp3) is 0.500. The monoisotopic (exact) mass is 204 g/mol. The van der Waals surface area contributed by atoms with Gasteiger partial charge in [0.05, 0.1) is 0 Å². The van der Waals surface area contributed by atoms with Gasteiger partial charge < -0.3 is 9.42 Å². The molecule has 1 aliphatic heterocycles. The SMILES string of the molecule is CC1C=C(c2nc(C#N)no2)CN(C)C1. The Labute approximate surface area is 88.0 Å². The van der Waals surface area contributed by atoms with E-state index in [2.05, 4.69) is 28.0 Å². The van der Waals surface area contributed by atoms with Gasteiger partial charge >= 0.3 is 0 Å².